The Bertz CT molecular complexity index is 339. The van der Waals surface area contributed by atoms with Crippen LogP contribution in [-0.4, -0.2) is 24.0 Å². The summed E-state index contributed by atoms with van der Waals surface area (Å²) in [6, 6.07) is 11.8. The topological polar surface area (TPSA) is 29.3 Å². The summed E-state index contributed by atoms with van der Waals surface area (Å²) >= 11 is 0. The van der Waals surface area contributed by atoms with E-state index in [1.807, 2.05) is 0 Å². The van der Waals surface area contributed by atoms with Crippen molar-refractivity contribution in [3.05, 3.63) is 35.9 Å². The van der Waals surface area contributed by atoms with Crippen LogP contribution in [0.1, 0.15) is 44.7 Å². The molecule has 2 unspecified atom stereocenters. The van der Waals surface area contributed by atoms with Crippen molar-refractivity contribution in [1.29, 1.82) is 0 Å². The first-order valence-corrected chi connectivity index (χ1v) is 7.27. The van der Waals surface area contributed by atoms with E-state index in [2.05, 4.69) is 49.1 Å². The van der Waals surface area contributed by atoms with Crippen molar-refractivity contribution in [2.45, 2.75) is 45.2 Å². The summed E-state index contributed by atoms with van der Waals surface area (Å²) in [4.78, 5) is 2.63. The predicted octanol–water partition coefficient (Wildman–Crippen LogP) is 3.20. The average Bonchev–Trinajstić information content (AvgIpc) is 2.41. The van der Waals surface area contributed by atoms with Crippen molar-refractivity contribution in [3.63, 3.8) is 0 Å². The minimum absolute atomic E-state index is 0.351. The van der Waals surface area contributed by atoms with Crippen molar-refractivity contribution in [3.8, 4) is 0 Å². The zero-order chi connectivity index (χ0) is 13.0. The van der Waals surface area contributed by atoms with Crippen LogP contribution >= 0.6 is 0 Å². The Kier molecular flexibility index (Phi) is 4.79. The molecule has 1 fully saturated rings. The quantitative estimate of drug-likeness (QED) is 0.884. The Balaban J connectivity index is 1.99. The van der Waals surface area contributed by atoms with Crippen LogP contribution in [0.15, 0.2) is 30.3 Å². The fourth-order valence-corrected chi connectivity index (χ4v) is 3.14. The van der Waals surface area contributed by atoms with Gasteiger partial charge in [-0.05, 0) is 50.8 Å². The van der Waals surface area contributed by atoms with E-state index in [9.17, 15) is 0 Å². The van der Waals surface area contributed by atoms with E-state index in [1.165, 1.54) is 37.9 Å². The Morgan fingerprint density at radius 3 is 2.33 bits per heavy atom. The highest BCUT2D eigenvalue weighted by Gasteiger charge is 2.26. The van der Waals surface area contributed by atoms with Gasteiger partial charge < -0.3 is 5.73 Å². The molecule has 0 aromatic heterocycles. The molecule has 1 aromatic carbocycles. The molecular weight excluding hydrogens is 220 g/mol. The van der Waals surface area contributed by atoms with Crippen LogP contribution in [0.25, 0.3) is 0 Å². The average molecular weight is 246 g/mol. The normalized spacial score (nSPS) is 21.7. The Morgan fingerprint density at radius 1 is 1.22 bits per heavy atom. The van der Waals surface area contributed by atoms with Crippen molar-refractivity contribution in [2.24, 2.45) is 11.7 Å². The lowest BCUT2D eigenvalue weighted by atomic mass is 9.89. The molecule has 1 aromatic rings. The summed E-state index contributed by atoms with van der Waals surface area (Å²) in [5.41, 5.74) is 7.47. The summed E-state index contributed by atoms with van der Waals surface area (Å²) in [6.07, 6.45) is 3.69. The predicted molar refractivity (Wildman–Crippen MR) is 77.4 cm³/mol. The largest absolute Gasteiger partial charge is 0.328 e. The van der Waals surface area contributed by atoms with Crippen molar-refractivity contribution < 1.29 is 0 Å². The van der Waals surface area contributed by atoms with E-state index in [4.69, 9.17) is 5.73 Å². The number of hydrogen-bond donors (Lipinski definition) is 1. The monoisotopic (exact) mass is 246 g/mol. The van der Waals surface area contributed by atoms with Crippen molar-refractivity contribution >= 4 is 0 Å². The maximum atomic E-state index is 6.01. The summed E-state index contributed by atoms with van der Waals surface area (Å²) in [7, 11) is 0. The van der Waals surface area contributed by atoms with E-state index in [0.29, 0.717) is 12.1 Å². The second-order valence-corrected chi connectivity index (χ2v) is 5.57. The summed E-state index contributed by atoms with van der Waals surface area (Å²) in [5.74, 6) is 0.717. The minimum atomic E-state index is 0.351. The molecule has 2 atom stereocenters. The zero-order valence-electron chi connectivity index (χ0n) is 11.7. The van der Waals surface area contributed by atoms with Gasteiger partial charge >= 0.3 is 0 Å². The van der Waals surface area contributed by atoms with Gasteiger partial charge in [0.25, 0.3) is 0 Å². The van der Waals surface area contributed by atoms with Crippen LogP contribution in [0.3, 0.4) is 0 Å². The molecule has 2 N–H and O–H groups in total. The second-order valence-electron chi connectivity index (χ2n) is 5.57. The fourth-order valence-electron chi connectivity index (χ4n) is 3.14. The highest BCUT2D eigenvalue weighted by atomic mass is 15.2. The number of benzene rings is 1. The SMILES string of the molecule is CCC(c1ccccc1)N1CCC(C(C)N)CC1. The van der Waals surface area contributed by atoms with Crippen molar-refractivity contribution in [2.75, 3.05) is 13.1 Å². The molecule has 1 aliphatic heterocycles. The molecule has 0 aliphatic carbocycles. The molecule has 2 heteroatoms. The number of piperidine rings is 1. The van der Waals surface area contributed by atoms with E-state index >= 15 is 0 Å². The summed E-state index contributed by atoms with van der Waals surface area (Å²) < 4.78 is 0. The third kappa shape index (κ3) is 3.12. The van der Waals surface area contributed by atoms with Crippen LogP contribution in [0.5, 0.6) is 0 Å². The maximum Gasteiger partial charge on any atom is 0.0345 e. The number of hydrogen-bond acceptors (Lipinski definition) is 2. The van der Waals surface area contributed by atoms with Gasteiger partial charge in [0.05, 0.1) is 0 Å². The number of nitrogens with two attached hydrogens (primary N) is 1. The molecule has 2 nitrogen and oxygen atoms in total. The molecule has 100 valence electrons. The Hall–Kier alpha value is -0.860. The zero-order valence-corrected chi connectivity index (χ0v) is 11.7. The van der Waals surface area contributed by atoms with E-state index in [0.717, 1.165) is 5.92 Å². The lowest BCUT2D eigenvalue weighted by molar-refractivity contribution is 0.121. The molecule has 0 amide bonds. The molecule has 0 bridgehead atoms. The highest BCUT2D eigenvalue weighted by molar-refractivity contribution is 5.19. The van der Waals surface area contributed by atoms with Crippen LogP contribution in [-0.2, 0) is 0 Å². The van der Waals surface area contributed by atoms with Gasteiger partial charge in [0.2, 0.25) is 0 Å². The van der Waals surface area contributed by atoms with Gasteiger partial charge in [0.1, 0.15) is 0 Å². The molecule has 0 radical (unpaired) electrons. The van der Waals surface area contributed by atoms with Gasteiger partial charge in [-0.1, -0.05) is 37.3 Å². The maximum absolute atomic E-state index is 6.01. The molecule has 1 heterocycles. The summed E-state index contributed by atoms with van der Waals surface area (Å²) in [6.45, 7) is 6.82. The van der Waals surface area contributed by atoms with Gasteiger partial charge in [-0.2, -0.15) is 0 Å². The number of rotatable bonds is 4. The first kappa shape index (κ1) is 13.6. The van der Waals surface area contributed by atoms with Crippen molar-refractivity contribution in [1.82, 2.24) is 4.90 Å². The van der Waals surface area contributed by atoms with E-state index in [-0.39, 0.29) is 0 Å². The minimum Gasteiger partial charge on any atom is -0.328 e. The molecule has 1 aliphatic rings. The third-order valence-electron chi connectivity index (χ3n) is 4.33. The van der Waals surface area contributed by atoms with E-state index in [1.54, 1.807) is 0 Å². The standard InChI is InChI=1S/C16H26N2/c1-3-16(15-7-5-4-6-8-15)18-11-9-14(10-12-18)13(2)17/h4-8,13-14,16H,3,9-12,17H2,1-2H3. The molecular formula is C16H26N2. The third-order valence-corrected chi connectivity index (χ3v) is 4.33. The van der Waals surface area contributed by atoms with Gasteiger partial charge in [0, 0.05) is 12.1 Å². The fraction of sp³-hybridized carbons (Fsp3) is 0.625. The number of likely N-dealkylation sites (tertiary alicyclic amines) is 1. The van der Waals surface area contributed by atoms with Crippen LogP contribution in [0, 0.1) is 5.92 Å². The lowest BCUT2D eigenvalue weighted by Gasteiger charge is -2.38. The van der Waals surface area contributed by atoms with Gasteiger partial charge in [-0.3, -0.25) is 4.90 Å². The Morgan fingerprint density at radius 2 is 1.83 bits per heavy atom. The van der Waals surface area contributed by atoms with Gasteiger partial charge in [-0.25, -0.2) is 0 Å². The second kappa shape index (κ2) is 6.35. The number of nitrogens with zero attached hydrogens (tertiary/aromatic N) is 1. The first-order chi connectivity index (χ1) is 8.72. The van der Waals surface area contributed by atoms with Gasteiger partial charge in [0.15, 0.2) is 0 Å². The smallest absolute Gasteiger partial charge is 0.0345 e. The van der Waals surface area contributed by atoms with Crippen LogP contribution in [0.2, 0.25) is 0 Å². The molecule has 18 heavy (non-hydrogen) atoms. The first-order valence-electron chi connectivity index (χ1n) is 7.27. The van der Waals surface area contributed by atoms with Crippen LogP contribution < -0.4 is 5.73 Å². The Labute approximate surface area is 111 Å². The van der Waals surface area contributed by atoms with Crippen LogP contribution in [0.4, 0.5) is 0 Å². The molecule has 0 spiro atoms. The summed E-state index contributed by atoms with van der Waals surface area (Å²) in [5, 5.41) is 0. The molecule has 2 rings (SSSR count). The van der Waals surface area contributed by atoms with E-state index < -0.39 is 0 Å². The molecule has 0 saturated carbocycles. The molecule has 1 saturated heterocycles. The highest BCUT2D eigenvalue weighted by Crippen LogP contribution is 2.29. The lowest BCUT2D eigenvalue weighted by Crippen LogP contribution is -2.41. The van der Waals surface area contributed by atoms with Gasteiger partial charge in [-0.15, -0.1) is 0 Å².